The van der Waals surface area contributed by atoms with Gasteiger partial charge in [-0.3, -0.25) is 9.59 Å². The first-order valence-electron chi connectivity index (χ1n) is 12.5. The Hall–Kier alpha value is -4.18. The van der Waals surface area contributed by atoms with E-state index in [9.17, 15) is 19.5 Å². The summed E-state index contributed by atoms with van der Waals surface area (Å²) in [6.45, 7) is 0.172. The number of aliphatic hydroxyl groups is 2. The first-order chi connectivity index (χ1) is 19.3. The highest BCUT2D eigenvalue weighted by Crippen LogP contribution is 2.39. The fourth-order valence-electron chi connectivity index (χ4n) is 4.37. The third-order valence-electron chi connectivity index (χ3n) is 6.36. The molecule has 1 fully saturated rings. The number of halogens is 1. The molecule has 1 atom stereocenters. The van der Waals surface area contributed by atoms with E-state index in [1.165, 1.54) is 24.1 Å². The summed E-state index contributed by atoms with van der Waals surface area (Å²) in [4.78, 5) is 39.6. The van der Waals surface area contributed by atoms with E-state index in [0.717, 1.165) is 5.56 Å². The molecule has 1 saturated heterocycles. The molecule has 40 heavy (non-hydrogen) atoms. The van der Waals surface area contributed by atoms with Crippen molar-refractivity contribution in [3.8, 4) is 5.75 Å². The van der Waals surface area contributed by atoms with Crippen molar-refractivity contribution in [3.63, 3.8) is 0 Å². The highest BCUT2D eigenvalue weighted by atomic mass is 35.5. The molecule has 3 aromatic rings. The van der Waals surface area contributed by atoms with Gasteiger partial charge in [0.2, 0.25) is 0 Å². The molecule has 208 valence electrons. The van der Waals surface area contributed by atoms with Gasteiger partial charge in [0.25, 0.3) is 11.7 Å². The number of ether oxygens (including phenoxy) is 3. The maximum atomic E-state index is 13.2. The number of nitrogens with zero attached hydrogens (tertiary/aromatic N) is 1. The van der Waals surface area contributed by atoms with E-state index < -0.39 is 23.7 Å². The Labute approximate surface area is 236 Å². The Kier molecular flexibility index (Phi) is 9.55. The molecule has 0 bridgehead atoms. The van der Waals surface area contributed by atoms with Gasteiger partial charge in [-0.25, -0.2) is 4.79 Å². The average molecular weight is 566 g/mol. The number of ketones is 1. The lowest BCUT2D eigenvalue weighted by Gasteiger charge is -2.25. The fraction of sp³-hybridized carbons (Fsp3) is 0.233. The lowest BCUT2D eigenvalue weighted by atomic mass is 9.94. The van der Waals surface area contributed by atoms with E-state index in [1.54, 1.807) is 42.5 Å². The summed E-state index contributed by atoms with van der Waals surface area (Å²) in [6, 6.07) is 19.1. The largest absolute Gasteiger partial charge is 0.507 e. The van der Waals surface area contributed by atoms with Crippen molar-refractivity contribution in [1.29, 1.82) is 0 Å². The van der Waals surface area contributed by atoms with Crippen LogP contribution >= 0.6 is 11.6 Å². The van der Waals surface area contributed by atoms with Gasteiger partial charge >= 0.3 is 5.97 Å². The van der Waals surface area contributed by atoms with Crippen molar-refractivity contribution < 1.29 is 38.8 Å². The standard InChI is InChI=1S/C30H28ClNO8/c1-38-30(37)20-11-9-19(10-12-20)26-25(28(35)29(36)32(26)13-15-39-16-14-33)27(34)21-6-4-7-23(17-21)40-18-22-5-2-3-8-24(22)31/h2-12,17,26,33-34H,13-16,18H2,1H3/b27-25+. The molecule has 3 aromatic carbocycles. The summed E-state index contributed by atoms with van der Waals surface area (Å²) in [5, 5.41) is 20.9. The SMILES string of the molecule is COC(=O)c1ccc(C2/C(=C(\O)c3cccc(OCc4ccccc4Cl)c3)C(=O)C(=O)N2CCOCCO)cc1. The van der Waals surface area contributed by atoms with Gasteiger partial charge in [-0.05, 0) is 35.9 Å². The number of esters is 1. The number of methoxy groups -OCH3 is 1. The highest BCUT2D eigenvalue weighted by molar-refractivity contribution is 6.46. The summed E-state index contributed by atoms with van der Waals surface area (Å²) >= 11 is 6.22. The number of hydrogen-bond acceptors (Lipinski definition) is 8. The second-order valence-electron chi connectivity index (χ2n) is 8.85. The van der Waals surface area contributed by atoms with E-state index >= 15 is 0 Å². The molecule has 9 nitrogen and oxygen atoms in total. The van der Waals surface area contributed by atoms with Crippen molar-refractivity contribution in [2.45, 2.75) is 12.6 Å². The number of carbonyl (C=O) groups is 3. The van der Waals surface area contributed by atoms with Crippen LogP contribution in [0.2, 0.25) is 5.02 Å². The second kappa shape index (κ2) is 13.3. The number of carbonyl (C=O) groups excluding carboxylic acids is 3. The normalized spacial score (nSPS) is 16.3. The van der Waals surface area contributed by atoms with Gasteiger partial charge < -0.3 is 29.3 Å². The Bertz CT molecular complexity index is 1420. The zero-order valence-electron chi connectivity index (χ0n) is 21.7. The molecule has 0 aliphatic carbocycles. The van der Waals surface area contributed by atoms with Crippen LogP contribution in [0.25, 0.3) is 5.76 Å². The van der Waals surface area contributed by atoms with Crippen LogP contribution in [0.4, 0.5) is 0 Å². The smallest absolute Gasteiger partial charge is 0.337 e. The lowest BCUT2D eigenvalue weighted by Crippen LogP contribution is -2.33. The number of aliphatic hydroxyl groups excluding tert-OH is 2. The monoisotopic (exact) mass is 565 g/mol. The topological polar surface area (TPSA) is 123 Å². The maximum absolute atomic E-state index is 13.2. The number of benzene rings is 3. The van der Waals surface area contributed by atoms with Gasteiger partial charge in [0, 0.05) is 22.7 Å². The Morgan fingerprint density at radius 1 is 0.975 bits per heavy atom. The summed E-state index contributed by atoms with van der Waals surface area (Å²) in [7, 11) is 1.27. The van der Waals surface area contributed by atoms with Crippen molar-refractivity contribution in [1.82, 2.24) is 4.90 Å². The van der Waals surface area contributed by atoms with E-state index in [4.69, 9.17) is 30.9 Å². The van der Waals surface area contributed by atoms with E-state index in [0.29, 0.717) is 16.3 Å². The zero-order valence-corrected chi connectivity index (χ0v) is 22.5. The predicted molar refractivity (Wildman–Crippen MR) is 147 cm³/mol. The van der Waals surface area contributed by atoms with Gasteiger partial charge in [0.1, 0.15) is 18.1 Å². The third kappa shape index (κ3) is 6.34. The van der Waals surface area contributed by atoms with Gasteiger partial charge in [0.15, 0.2) is 0 Å². The molecule has 0 aromatic heterocycles. The van der Waals surface area contributed by atoms with Crippen LogP contribution in [-0.4, -0.2) is 66.2 Å². The van der Waals surface area contributed by atoms with Crippen LogP contribution in [0.5, 0.6) is 5.75 Å². The predicted octanol–water partition coefficient (Wildman–Crippen LogP) is 4.14. The summed E-state index contributed by atoms with van der Waals surface area (Å²) in [5.41, 5.74) is 1.74. The minimum absolute atomic E-state index is 0.0335. The van der Waals surface area contributed by atoms with Crippen LogP contribution in [0.15, 0.2) is 78.4 Å². The van der Waals surface area contributed by atoms with Crippen LogP contribution in [0.1, 0.15) is 33.1 Å². The quantitative estimate of drug-likeness (QED) is 0.117. The van der Waals surface area contributed by atoms with Gasteiger partial charge in [-0.15, -0.1) is 0 Å². The molecule has 2 N–H and O–H groups in total. The molecule has 1 heterocycles. The van der Waals surface area contributed by atoms with Gasteiger partial charge in [-0.1, -0.05) is 54.1 Å². The summed E-state index contributed by atoms with van der Waals surface area (Å²) < 4.78 is 15.9. The van der Waals surface area contributed by atoms with Crippen LogP contribution < -0.4 is 4.74 Å². The molecular formula is C30H28ClNO8. The number of Topliss-reactive ketones (excluding diaryl/α,β-unsaturated/α-hetero) is 1. The zero-order chi connectivity index (χ0) is 28.6. The highest BCUT2D eigenvalue weighted by Gasteiger charge is 2.46. The minimum Gasteiger partial charge on any atom is -0.507 e. The van der Waals surface area contributed by atoms with E-state index in [-0.39, 0.29) is 55.4 Å². The van der Waals surface area contributed by atoms with Crippen molar-refractivity contribution in [2.24, 2.45) is 0 Å². The molecule has 4 rings (SSSR count). The number of hydrogen-bond donors (Lipinski definition) is 2. The molecule has 1 unspecified atom stereocenters. The molecular weight excluding hydrogens is 538 g/mol. The molecule has 0 spiro atoms. The number of rotatable bonds is 11. The first-order valence-corrected chi connectivity index (χ1v) is 12.9. The first kappa shape index (κ1) is 28.8. The van der Waals surface area contributed by atoms with Crippen LogP contribution in [-0.2, 0) is 25.7 Å². The fourth-order valence-corrected chi connectivity index (χ4v) is 4.56. The van der Waals surface area contributed by atoms with Crippen molar-refractivity contribution in [2.75, 3.05) is 33.5 Å². The van der Waals surface area contributed by atoms with Crippen molar-refractivity contribution >= 4 is 35.0 Å². The Morgan fingerprint density at radius 2 is 1.73 bits per heavy atom. The van der Waals surface area contributed by atoms with Gasteiger partial charge in [-0.2, -0.15) is 0 Å². The summed E-state index contributed by atoms with van der Waals surface area (Å²) in [5.74, 6) is -2.14. The number of amides is 1. The van der Waals surface area contributed by atoms with E-state index in [2.05, 4.69) is 0 Å². The minimum atomic E-state index is -0.947. The maximum Gasteiger partial charge on any atom is 0.337 e. The molecule has 0 radical (unpaired) electrons. The Morgan fingerprint density at radius 3 is 2.42 bits per heavy atom. The second-order valence-corrected chi connectivity index (χ2v) is 9.26. The molecule has 1 amide bonds. The molecule has 1 aliphatic rings. The van der Waals surface area contributed by atoms with Crippen molar-refractivity contribution in [3.05, 3.63) is 106 Å². The molecule has 10 heteroatoms. The lowest BCUT2D eigenvalue weighted by molar-refractivity contribution is -0.140. The summed E-state index contributed by atoms with van der Waals surface area (Å²) in [6.07, 6.45) is 0. The third-order valence-corrected chi connectivity index (χ3v) is 6.73. The van der Waals surface area contributed by atoms with E-state index in [1.807, 2.05) is 18.2 Å². The van der Waals surface area contributed by atoms with Crippen LogP contribution in [0.3, 0.4) is 0 Å². The molecule has 1 aliphatic heterocycles. The Balaban J connectivity index is 1.69. The van der Waals surface area contributed by atoms with Crippen LogP contribution in [0, 0.1) is 0 Å². The molecule has 0 saturated carbocycles. The average Bonchev–Trinajstić information content (AvgIpc) is 3.23. The van der Waals surface area contributed by atoms with Gasteiger partial charge in [0.05, 0.1) is 44.1 Å². The number of likely N-dealkylation sites (tertiary alicyclic amines) is 1.